The topological polar surface area (TPSA) is 18.5 Å². The van der Waals surface area contributed by atoms with Gasteiger partial charge in [0.1, 0.15) is 11.5 Å². The quantitative estimate of drug-likeness (QED) is 0.565. The first-order valence-corrected chi connectivity index (χ1v) is 8.04. The normalized spacial score (nSPS) is 18.7. The predicted molar refractivity (Wildman–Crippen MR) is 82.4 cm³/mol. The second kappa shape index (κ2) is 7.18. The van der Waals surface area contributed by atoms with E-state index in [2.05, 4.69) is 22.0 Å². The summed E-state index contributed by atoms with van der Waals surface area (Å²) in [4.78, 5) is 0.357. The molecular weight excluding hydrogens is 304 g/mol. The van der Waals surface area contributed by atoms with E-state index in [1.807, 2.05) is 12.1 Å². The molecule has 1 saturated carbocycles. The van der Waals surface area contributed by atoms with E-state index in [1.54, 1.807) is 14.2 Å². The second-order valence-electron chi connectivity index (χ2n) is 5.26. The molecule has 0 aromatic heterocycles. The molecule has 19 heavy (non-hydrogen) atoms. The van der Waals surface area contributed by atoms with Gasteiger partial charge in [0.05, 0.1) is 14.2 Å². The summed E-state index contributed by atoms with van der Waals surface area (Å²) in [5.41, 5.74) is 1.22. The van der Waals surface area contributed by atoms with Gasteiger partial charge in [0.25, 0.3) is 0 Å². The zero-order valence-electron chi connectivity index (χ0n) is 11.8. The van der Waals surface area contributed by atoms with Gasteiger partial charge in [-0.2, -0.15) is 0 Å². The molecule has 0 bridgehead atoms. The fourth-order valence-electron chi connectivity index (χ4n) is 2.91. The number of ether oxygens (including phenoxy) is 2. The van der Waals surface area contributed by atoms with Crippen molar-refractivity contribution in [3.63, 3.8) is 0 Å². The first-order valence-electron chi connectivity index (χ1n) is 7.12. The van der Waals surface area contributed by atoms with Gasteiger partial charge in [-0.15, -0.1) is 0 Å². The Labute approximate surface area is 124 Å². The van der Waals surface area contributed by atoms with Crippen LogP contribution in [0.2, 0.25) is 0 Å². The molecule has 0 N–H and O–H groups in total. The third-order valence-corrected chi connectivity index (χ3v) is 5.29. The van der Waals surface area contributed by atoms with Crippen LogP contribution in [0.3, 0.4) is 0 Å². The van der Waals surface area contributed by atoms with E-state index in [0.717, 1.165) is 11.5 Å². The standard InChI is InChI=1S/C16H23BrO2/c1-18-13-9-10-15(19-2)14(11-13)16(17)12-7-5-3-4-6-8-12/h9-12,16H,3-8H2,1-2H3. The molecule has 1 atom stereocenters. The van der Waals surface area contributed by atoms with Crippen molar-refractivity contribution in [1.82, 2.24) is 0 Å². The summed E-state index contributed by atoms with van der Waals surface area (Å²) in [6.45, 7) is 0. The van der Waals surface area contributed by atoms with E-state index in [-0.39, 0.29) is 0 Å². The van der Waals surface area contributed by atoms with Crippen LogP contribution in [0.15, 0.2) is 18.2 Å². The van der Waals surface area contributed by atoms with Crippen molar-refractivity contribution in [3.05, 3.63) is 23.8 Å². The maximum Gasteiger partial charge on any atom is 0.123 e. The Morgan fingerprint density at radius 2 is 1.74 bits per heavy atom. The van der Waals surface area contributed by atoms with Gasteiger partial charge in [-0.05, 0) is 37.0 Å². The van der Waals surface area contributed by atoms with Gasteiger partial charge in [0.15, 0.2) is 0 Å². The molecule has 0 radical (unpaired) electrons. The number of rotatable bonds is 4. The average molecular weight is 327 g/mol. The minimum Gasteiger partial charge on any atom is -0.497 e. The van der Waals surface area contributed by atoms with Crippen LogP contribution in [-0.2, 0) is 0 Å². The molecular formula is C16H23BrO2. The molecule has 1 aliphatic rings. The van der Waals surface area contributed by atoms with Gasteiger partial charge in [-0.1, -0.05) is 41.6 Å². The fraction of sp³-hybridized carbons (Fsp3) is 0.625. The lowest BCUT2D eigenvalue weighted by molar-refractivity contribution is 0.388. The number of alkyl halides is 1. The van der Waals surface area contributed by atoms with Crippen molar-refractivity contribution in [2.75, 3.05) is 14.2 Å². The highest BCUT2D eigenvalue weighted by molar-refractivity contribution is 9.09. The highest BCUT2D eigenvalue weighted by Gasteiger charge is 2.24. The van der Waals surface area contributed by atoms with Crippen LogP contribution >= 0.6 is 15.9 Å². The zero-order valence-corrected chi connectivity index (χ0v) is 13.4. The molecule has 1 aromatic carbocycles. The van der Waals surface area contributed by atoms with Crippen molar-refractivity contribution in [2.45, 2.75) is 43.4 Å². The number of hydrogen-bond acceptors (Lipinski definition) is 2. The highest BCUT2D eigenvalue weighted by Crippen LogP contribution is 2.43. The Hall–Kier alpha value is -0.700. The molecule has 1 unspecified atom stereocenters. The number of methoxy groups -OCH3 is 2. The molecule has 0 amide bonds. The van der Waals surface area contributed by atoms with E-state index in [9.17, 15) is 0 Å². The molecule has 2 rings (SSSR count). The average Bonchev–Trinajstić information content (AvgIpc) is 2.74. The van der Waals surface area contributed by atoms with Crippen molar-refractivity contribution in [1.29, 1.82) is 0 Å². The Kier molecular flexibility index (Phi) is 5.56. The molecule has 0 heterocycles. The lowest BCUT2D eigenvalue weighted by Gasteiger charge is -2.23. The van der Waals surface area contributed by atoms with E-state index < -0.39 is 0 Å². The summed E-state index contributed by atoms with van der Waals surface area (Å²) in [6.07, 6.45) is 8.06. The van der Waals surface area contributed by atoms with E-state index in [0.29, 0.717) is 10.7 Å². The number of halogens is 1. The van der Waals surface area contributed by atoms with Crippen LogP contribution in [0.4, 0.5) is 0 Å². The van der Waals surface area contributed by atoms with Crippen molar-refractivity contribution in [2.24, 2.45) is 5.92 Å². The predicted octanol–water partition coefficient (Wildman–Crippen LogP) is 5.11. The highest BCUT2D eigenvalue weighted by atomic mass is 79.9. The maximum atomic E-state index is 5.50. The number of hydrogen-bond donors (Lipinski definition) is 0. The minimum atomic E-state index is 0.357. The molecule has 1 fully saturated rings. The second-order valence-corrected chi connectivity index (χ2v) is 6.25. The van der Waals surface area contributed by atoms with Crippen LogP contribution < -0.4 is 9.47 Å². The lowest BCUT2D eigenvalue weighted by Crippen LogP contribution is -2.08. The van der Waals surface area contributed by atoms with Gasteiger partial charge in [-0.3, -0.25) is 0 Å². The summed E-state index contributed by atoms with van der Waals surface area (Å²) in [5.74, 6) is 2.55. The Morgan fingerprint density at radius 1 is 1.05 bits per heavy atom. The summed E-state index contributed by atoms with van der Waals surface area (Å²) in [7, 11) is 3.44. The first-order chi connectivity index (χ1) is 9.26. The summed E-state index contributed by atoms with van der Waals surface area (Å²) in [6, 6.07) is 6.05. The zero-order chi connectivity index (χ0) is 13.7. The van der Waals surface area contributed by atoms with Crippen LogP contribution in [0, 0.1) is 5.92 Å². The molecule has 0 saturated heterocycles. The van der Waals surface area contributed by atoms with Gasteiger partial charge < -0.3 is 9.47 Å². The van der Waals surface area contributed by atoms with Crippen molar-refractivity contribution < 1.29 is 9.47 Å². The monoisotopic (exact) mass is 326 g/mol. The molecule has 1 aliphatic carbocycles. The number of benzene rings is 1. The van der Waals surface area contributed by atoms with Crippen LogP contribution in [-0.4, -0.2) is 14.2 Å². The molecule has 1 aromatic rings. The minimum absolute atomic E-state index is 0.357. The Bertz CT molecular complexity index is 398. The summed E-state index contributed by atoms with van der Waals surface area (Å²) in [5, 5.41) is 0. The van der Waals surface area contributed by atoms with E-state index >= 15 is 0 Å². The first kappa shape index (κ1) is 14.7. The molecule has 3 heteroatoms. The van der Waals surface area contributed by atoms with Gasteiger partial charge in [0, 0.05) is 10.4 Å². The third-order valence-electron chi connectivity index (χ3n) is 4.05. The summed E-state index contributed by atoms with van der Waals surface area (Å²) < 4.78 is 10.8. The Morgan fingerprint density at radius 3 is 2.32 bits per heavy atom. The van der Waals surface area contributed by atoms with Gasteiger partial charge in [0.2, 0.25) is 0 Å². The Balaban J connectivity index is 2.22. The molecule has 2 nitrogen and oxygen atoms in total. The van der Waals surface area contributed by atoms with Crippen molar-refractivity contribution in [3.8, 4) is 11.5 Å². The van der Waals surface area contributed by atoms with Crippen molar-refractivity contribution >= 4 is 15.9 Å². The lowest BCUT2D eigenvalue weighted by atomic mass is 9.92. The molecule has 0 aliphatic heterocycles. The van der Waals surface area contributed by atoms with Crippen LogP contribution in [0.5, 0.6) is 11.5 Å². The summed E-state index contributed by atoms with van der Waals surface area (Å²) >= 11 is 3.90. The van der Waals surface area contributed by atoms with Crippen LogP contribution in [0.1, 0.15) is 48.9 Å². The molecule has 106 valence electrons. The van der Waals surface area contributed by atoms with E-state index in [1.165, 1.54) is 44.1 Å². The maximum absolute atomic E-state index is 5.50. The SMILES string of the molecule is COc1ccc(OC)c(C(Br)C2CCCCCC2)c1. The van der Waals surface area contributed by atoms with Gasteiger partial charge >= 0.3 is 0 Å². The fourth-order valence-corrected chi connectivity index (χ4v) is 3.80. The largest absolute Gasteiger partial charge is 0.497 e. The molecule has 0 spiro atoms. The van der Waals surface area contributed by atoms with Gasteiger partial charge in [-0.25, -0.2) is 0 Å². The smallest absolute Gasteiger partial charge is 0.123 e. The third kappa shape index (κ3) is 3.65. The van der Waals surface area contributed by atoms with E-state index in [4.69, 9.17) is 9.47 Å². The van der Waals surface area contributed by atoms with Crippen LogP contribution in [0.25, 0.3) is 0 Å².